The van der Waals surface area contributed by atoms with E-state index in [1.165, 1.54) is 0 Å². The average Bonchev–Trinajstić information content (AvgIpc) is 2.29. The summed E-state index contributed by atoms with van der Waals surface area (Å²) in [6.45, 7) is 2.52. The molecule has 15 heavy (non-hydrogen) atoms. The Kier molecular flexibility index (Phi) is 4.43. The Bertz CT molecular complexity index is 374. The van der Waals surface area contributed by atoms with Crippen molar-refractivity contribution in [2.45, 2.75) is 19.8 Å². The number of benzene rings is 1. The van der Waals surface area contributed by atoms with Crippen molar-refractivity contribution in [1.82, 2.24) is 0 Å². The maximum absolute atomic E-state index is 11.5. The number of hydrogen-bond donors (Lipinski definition) is 0. The van der Waals surface area contributed by atoms with Crippen LogP contribution >= 0.6 is 0 Å². The Morgan fingerprint density at radius 2 is 2.33 bits per heavy atom. The molecule has 0 aliphatic heterocycles. The fourth-order valence-electron chi connectivity index (χ4n) is 1.13. The third-order valence-electron chi connectivity index (χ3n) is 2.00. The second kappa shape index (κ2) is 5.87. The third-order valence-corrected chi connectivity index (χ3v) is 2.00. The van der Waals surface area contributed by atoms with E-state index in [1.54, 1.807) is 24.3 Å². The lowest BCUT2D eigenvalue weighted by atomic mass is 10.1. The van der Waals surface area contributed by atoms with E-state index in [2.05, 4.69) is 5.92 Å². The van der Waals surface area contributed by atoms with Crippen molar-refractivity contribution in [2.24, 2.45) is 0 Å². The van der Waals surface area contributed by atoms with Gasteiger partial charge in [-0.05, 0) is 24.6 Å². The van der Waals surface area contributed by atoms with Crippen molar-refractivity contribution in [1.29, 1.82) is 0 Å². The standard InChI is InChI=1S/C13H14O2/c1-3-5-9-15-13(14)12-8-6-7-11(4-2)10-12/h2,6-8,10H,3,5,9H2,1H3. The van der Waals surface area contributed by atoms with Crippen LogP contribution in [0.2, 0.25) is 0 Å². The Morgan fingerprint density at radius 1 is 1.53 bits per heavy atom. The number of carbonyl (C=O) groups excluding carboxylic acids is 1. The topological polar surface area (TPSA) is 26.3 Å². The number of carbonyl (C=O) groups is 1. The first-order valence-corrected chi connectivity index (χ1v) is 5.01. The molecule has 0 N–H and O–H groups in total. The number of esters is 1. The van der Waals surface area contributed by atoms with Crippen molar-refractivity contribution in [3.63, 3.8) is 0 Å². The Labute approximate surface area is 90.3 Å². The van der Waals surface area contributed by atoms with Gasteiger partial charge in [-0.25, -0.2) is 4.79 Å². The largest absolute Gasteiger partial charge is 0.462 e. The minimum Gasteiger partial charge on any atom is -0.462 e. The highest BCUT2D eigenvalue weighted by atomic mass is 16.5. The van der Waals surface area contributed by atoms with Crippen LogP contribution in [0.1, 0.15) is 35.7 Å². The van der Waals surface area contributed by atoms with Gasteiger partial charge < -0.3 is 4.74 Å². The average molecular weight is 202 g/mol. The van der Waals surface area contributed by atoms with E-state index in [4.69, 9.17) is 11.2 Å². The lowest BCUT2D eigenvalue weighted by Gasteiger charge is -2.03. The molecule has 2 heteroatoms. The van der Waals surface area contributed by atoms with Crippen LogP contribution in [0.25, 0.3) is 0 Å². The van der Waals surface area contributed by atoms with Crippen molar-refractivity contribution in [3.05, 3.63) is 35.4 Å². The first-order valence-electron chi connectivity index (χ1n) is 5.01. The van der Waals surface area contributed by atoms with Crippen molar-refractivity contribution < 1.29 is 9.53 Å². The number of hydrogen-bond acceptors (Lipinski definition) is 2. The smallest absolute Gasteiger partial charge is 0.338 e. The molecule has 78 valence electrons. The maximum Gasteiger partial charge on any atom is 0.338 e. The van der Waals surface area contributed by atoms with E-state index in [1.807, 2.05) is 6.92 Å². The van der Waals surface area contributed by atoms with Gasteiger partial charge in [0.15, 0.2) is 0 Å². The number of unbranched alkanes of at least 4 members (excludes halogenated alkanes) is 1. The molecular weight excluding hydrogens is 188 g/mol. The molecule has 0 unspecified atom stereocenters. The van der Waals surface area contributed by atoms with Gasteiger partial charge in [-0.1, -0.05) is 25.3 Å². The molecule has 1 aromatic rings. The summed E-state index contributed by atoms with van der Waals surface area (Å²) in [4.78, 5) is 11.5. The molecule has 0 bridgehead atoms. The fourth-order valence-corrected chi connectivity index (χ4v) is 1.13. The zero-order valence-electron chi connectivity index (χ0n) is 8.82. The van der Waals surface area contributed by atoms with Crippen LogP contribution in [0, 0.1) is 12.3 Å². The number of rotatable bonds is 4. The van der Waals surface area contributed by atoms with Gasteiger partial charge in [0.25, 0.3) is 0 Å². The molecule has 0 spiro atoms. The molecule has 1 rings (SSSR count). The molecule has 0 heterocycles. The van der Waals surface area contributed by atoms with E-state index in [0.717, 1.165) is 12.8 Å². The normalized spacial score (nSPS) is 9.33. The van der Waals surface area contributed by atoms with Gasteiger partial charge in [0.2, 0.25) is 0 Å². The van der Waals surface area contributed by atoms with Crippen LogP contribution in [0.5, 0.6) is 0 Å². The summed E-state index contributed by atoms with van der Waals surface area (Å²) in [6, 6.07) is 6.90. The highest BCUT2D eigenvalue weighted by Crippen LogP contribution is 2.06. The lowest BCUT2D eigenvalue weighted by molar-refractivity contribution is 0.0499. The van der Waals surface area contributed by atoms with Crippen LogP contribution in [0.15, 0.2) is 24.3 Å². The highest BCUT2D eigenvalue weighted by molar-refractivity contribution is 5.89. The Balaban J connectivity index is 2.62. The van der Waals surface area contributed by atoms with Crippen molar-refractivity contribution in [3.8, 4) is 12.3 Å². The summed E-state index contributed by atoms with van der Waals surface area (Å²) >= 11 is 0. The molecule has 2 nitrogen and oxygen atoms in total. The molecule has 0 saturated heterocycles. The summed E-state index contributed by atoms with van der Waals surface area (Å²) < 4.78 is 5.06. The van der Waals surface area contributed by atoms with Gasteiger partial charge in [0, 0.05) is 5.56 Å². The molecule has 0 radical (unpaired) electrons. The van der Waals surface area contributed by atoms with Gasteiger partial charge in [0.05, 0.1) is 12.2 Å². The SMILES string of the molecule is C#Cc1cccc(C(=O)OCCCC)c1. The fraction of sp³-hybridized carbons (Fsp3) is 0.308. The Hall–Kier alpha value is -1.75. The molecular formula is C13H14O2. The van der Waals surface area contributed by atoms with Crippen LogP contribution in [0.3, 0.4) is 0 Å². The zero-order chi connectivity index (χ0) is 11.1. The second-order valence-corrected chi connectivity index (χ2v) is 3.21. The molecule has 1 aromatic carbocycles. The predicted octanol–water partition coefficient (Wildman–Crippen LogP) is 2.62. The predicted molar refractivity (Wildman–Crippen MR) is 59.6 cm³/mol. The van der Waals surface area contributed by atoms with E-state index < -0.39 is 0 Å². The molecule has 0 aliphatic carbocycles. The monoisotopic (exact) mass is 202 g/mol. The summed E-state index contributed by atoms with van der Waals surface area (Å²) in [5, 5.41) is 0. The molecule has 0 aliphatic rings. The van der Waals surface area contributed by atoms with Gasteiger partial charge >= 0.3 is 5.97 Å². The summed E-state index contributed by atoms with van der Waals surface area (Å²) in [6.07, 6.45) is 7.14. The lowest BCUT2D eigenvalue weighted by Crippen LogP contribution is -2.06. The highest BCUT2D eigenvalue weighted by Gasteiger charge is 2.06. The van der Waals surface area contributed by atoms with E-state index in [9.17, 15) is 4.79 Å². The van der Waals surface area contributed by atoms with Gasteiger partial charge in [-0.3, -0.25) is 0 Å². The summed E-state index contributed by atoms with van der Waals surface area (Å²) in [7, 11) is 0. The van der Waals surface area contributed by atoms with E-state index >= 15 is 0 Å². The van der Waals surface area contributed by atoms with Gasteiger partial charge in [0.1, 0.15) is 0 Å². The first kappa shape index (κ1) is 11.3. The minimum absolute atomic E-state index is 0.305. The zero-order valence-corrected chi connectivity index (χ0v) is 8.82. The third kappa shape index (κ3) is 3.47. The van der Waals surface area contributed by atoms with E-state index in [-0.39, 0.29) is 5.97 Å². The van der Waals surface area contributed by atoms with Crippen LogP contribution < -0.4 is 0 Å². The molecule has 0 fully saturated rings. The number of ether oxygens (including phenoxy) is 1. The quantitative estimate of drug-likeness (QED) is 0.426. The van der Waals surface area contributed by atoms with Crippen LogP contribution in [-0.2, 0) is 4.74 Å². The molecule has 0 saturated carbocycles. The van der Waals surface area contributed by atoms with Gasteiger partial charge in [-0.15, -0.1) is 6.42 Å². The van der Waals surface area contributed by atoms with Crippen LogP contribution in [-0.4, -0.2) is 12.6 Å². The molecule has 0 aromatic heterocycles. The van der Waals surface area contributed by atoms with E-state index in [0.29, 0.717) is 17.7 Å². The summed E-state index contributed by atoms with van der Waals surface area (Å²) in [5.41, 5.74) is 1.21. The molecule has 0 amide bonds. The maximum atomic E-state index is 11.5. The van der Waals surface area contributed by atoms with Crippen molar-refractivity contribution >= 4 is 5.97 Å². The molecule has 0 atom stereocenters. The van der Waals surface area contributed by atoms with Crippen molar-refractivity contribution in [2.75, 3.05) is 6.61 Å². The van der Waals surface area contributed by atoms with Gasteiger partial charge in [-0.2, -0.15) is 0 Å². The summed E-state index contributed by atoms with van der Waals surface area (Å²) in [5.74, 6) is 2.18. The Morgan fingerprint density at radius 3 is 3.00 bits per heavy atom. The second-order valence-electron chi connectivity index (χ2n) is 3.21. The van der Waals surface area contributed by atoms with Crippen LogP contribution in [0.4, 0.5) is 0 Å². The minimum atomic E-state index is -0.305. The first-order chi connectivity index (χ1) is 7.27. The number of terminal acetylenes is 1.